The first-order chi connectivity index (χ1) is 7.02. The van der Waals surface area contributed by atoms with Crippen LogP contribution in [0.2, 0.25) is 0 Å². The topological polar surface area (TPSA) is 104 Å². The van der Waals surface area contributed by atoms with Gasteiger partial charge < -0.3 is 10.2 Å². The van der Waals surface area contributed by atoms with Crippen LogP contribution in [0.3, 0.4) is 0 Å². The van der Waals surface area contributed by atoms with Crippen molar-refractivity contribution in [3.8, 4) is 0 Å². The molecule has 2 N–H and O–H groups in total. The molecule has 1 atom stereocenters. The van der Waals surface area contributed by atoms with E-state index in [1.165, 1.54) is 4.90 Å². The summed E-state index contributed by atoms with van der Waals surface area (Å²) >= 11 is 0. The number of rotatable bonds is 3. The van der Waals surface area contributed by atoms with Gasteiger partial charge in [-0.1, -0.05) is 0 Å². The highest BCUT2D eigenvalue weighted by molar-refractivity contribution is 5.94. The molecule has 1 unspecified atom stereocenters. The third-order valence-corrected chi connectivity index (χ3v) is 1.71. The number of aromatic amines is 1. The molecule has 15 heavy (non-hydrogen) atoms. The second kappa shape index (κ2) is 4.49. The van der Waals surface area contributed by atoms with E-state index in [1.807, 2.05) is 0 Å². The lowest BCUT2D eigenvalue weighted by Crippen LogP contribution is -2.44. The van der Waals surface area contributed by atoms with Gasteiger partial charge in [0.05, 0.1) is 0 Å². The van der Waals surface area contributed by atoms with Crippen LogP contribution in [0.5, 0.6) is 0 Å². The fourth-order valence-electron chi connectivity index (χ4n) is 0.968. The van der Waals surface area contributed by atoms with Gasteiger partial charge in [0.15, 0.2) is 0 Å². The number of carbonyl (C=O) groups excluding carboxylic acids is 2. The molecule has 8 nitrogen and oxygen atoms in total. The molecule has 0 aliphatic rings. The van der Waals surface area contributed by atoms with Gasteiger partial charge in [-0.15, -0.1) is 10.2 Å². The number of hydrogen-bond donors (Lipinski definition) is 2. The van der Waals surface area contributed by atoms with Crippen molar-refractivity contribution < 1.29 is 9.59 Å². The number of hydrogen-bond acceptors (Lipinski definition) is 5. The zero-order valence-electron chi connectivity index (χ0n) is 8.68. The standard InChI is InChI=1S/C7H12N6O2/c1-4(7(15)13(2)3)8-6(14)5-9-11-12-10-5/h4H,1-3H3,(H,8,14)(H,9,10,11,12). The molecule has 0 saturated carbocycles. The highest BCUT2D eigenvalue weighted by Gasteiger charge is 2.19. The minimum atomic E-state index is -0.619. The summed E-state index contributed by atoms with van der Waals surface area (Å²) < 4.78 is 0. The maximum absolute atomic E-state index is 11.4. The molecule has 0 saturated heterocycles. The largest absolute Gasteiger partial charge is 0.347 e. The smallest absolute Gasteiger partial charge is 0.293 e. The second-order valence-corrected chi connectivity index (χ2v) is 3.16. The quantitative estimate of drug-likeness (QED) is 0.628. The average molecular weight is 212 g/mol. The molecule has 1 heterocycles. The monoisotopic (exact) mass is 212 g/mol. The number of nitrogens with zero attached hydrogens (tertiary/aromatic N) is 4. The SMILES string of the molecule is CC(NC(=O)c1nn[nH]n1)C(=O)N(C)C. The lowest BCUT2D eigenvalue weighted by Gasteiger charge is -2.16. The Balaban J connectivity index is 2.56. The molecule has 0 aliphatic heterocycles. The Kier molecular flexibility index (Phi) is 3.32. The van der Waals surface area contributed by atoms with Gasteiger partial charge in [-0.25, -0.2) is 0 Å². The lowest BCUT2D eigenvalue weighted by atomic mass is 10.3. The molecule has 8 heteroatoms. The van der Waals surface area contributed by atoms with Crippen LogP contribution in [0.1, 0.15) is 17.5 Å². The average Bonchev–Trinajstić information content (AvgIpc) is 2.68. The van der Waals surface area contributed by atoms with Gasteiger partial charge in [-0.05, 0) is 12.1 Å². The molecule has 1 rings (SSSR count). The van der Waals surface area contributed by atoms with Crippen molar-refractivity contribution >= 4 is 11.8 Å². The number of amides is 2. The number of likely N-dealkylation sites (N-methyl/N-ethyl adjacent to an activating group) is 1. The van der Waals surface area contributed by atoms with Gasteiger partial charge in [0, 0.05) is 14.1 Å². The lowest BCUT2D eigenvalue weighted by molar-refractivity contribution is -0.130. The van der Waals surface area contributed by atoms with E-state index >= 15 is 0 Å². The van der Waals surface area contributed by atoms with Crippen LogP contribution in [-0.2, 0) is 4.79 Å². The number of nitrogens with one attached hydrogen (secondary N) is 2. The highest BCUT2D eigenvalue weighted by Crippen LogP contribution is 1.91. The molecule has 0 aliphatic carbocycles. The van der Waals surface area contributed by atoms with E-state index in [4.69, 9.17) is 0 Å². The van der Waals surface area contributed by atoms with E-state index < -0.39 is 11.9 Å². The first-order valence-corrected chi connectivity index (χ1v) is 4.28. The van der Waals surface area contributed by atoms with Gasteiger partial charge in [0.1, 0.15) is 6.04 Å². The molecule has 0 aromatic carbocycles. The maximum atomic E-state index is 11.4. The molecular weight excluding hydrogens is 200 g/mol. The van der Waals surface area contributed by atoms with Crippen LogP contribution in [0.15, 0.2) is 0 Å². The molecule has 1 aromatic rings. The van der Waals surface area contributed by atoms with Crippen LogP contribution in [-0.4, -0.2) is 57.5 Å². The van der Waals surface area contributed by atoms with Crippen LogP contribution in [0.25, 0.3) is 0 Å². The Morgan fingerprint density at radius 1 is 1.47 bits per heavy atom. The minimum absolute atomic E-state index is 0.0894. The van der Waals surface area contributed by atoms with E-state index in [0.717, 1.165) is 0 Å². The predicted octanol–water partition coefficient (Wildman–Crippen LogP) is -1.59. The van der Waals surface area contributed by atoms with Crippen molar-refractivity contribution in [2.24, 2.45) is 0 Å². The van der Waals surface area contributed by atoms with Crippen molar-refractivity contribution in [1.82, 2.24) is 30.8 Å². The van der Waals surface area contributed by atoms with Crippen molar-refractivity contribution in [2.75, 3.05) is 14.1 Å². The van der Waals surface area contributed by atoms with E-state index in [2.05, 4.69) is 25.9 Å². The Bertz CT molecular complexity index is 346. The van der Waals surface area contributed by atoms with Gasteiger partial charge in [0.25, 0.3) is 11.7 Å². The van der Waals surface area contributed by atoms with E-state index in [0.29, 0.717) is 0 Å². The van der Waals surface area contributed by atoms with Crippen molar-refractivity contribution in [3.05, 3.63) is 5.82 Å². The van der Waals surface area contributed by atoms with E-state index in [9.17, 15) is 9.59 Å². The Hall–Kier alpha value is -1.99. The van der Waals surface area contributed by atoms with Crippen LogP contribution >= 0.6 is 0 Å². The van der Waals surface area contributed by atoms with Gasteiger partial charge in [-0.2, -0.15) is 5.21 Å². The zero-order valence-corrected chi connectivity index (χ0v) is 8.68. The molecule has 0 fully saturated rings. The van der Waals surface area contributed by atoms with E-state index in [-0.39, 0.29) is 11.7 Å². The first kappa shape index (κ1) is 11.1. The fourth-order valence-corrected chi connectivity index (χ4v) is 0.968. The summed E-state index contributed by atoms with van der Waals surface area (Å²) in [5, 5.41) is 14.8. The van der Waals surface area contributed by atoms with Crippen molar-refractivity contribution in [2.45, 2.75) is 13.0 Å². The maximum Gasteiger partial charge on any atom is 0.293 e. The molecule has 2 amide bonds. The van der Waals surface area contributed by atoms with Gasteiger partial charge >= 0.3 is 0 Å². The summed E-state index contributed by atoms with van der Waals surface area (Å²) in [6.45, 7) is 1.58. The predicted molar refractivity (Wildman–Crippen MR) is 49.8 cm³/mol. The van der Waals surface area contributed by atoms with Crippen LogP contribution in [0.4, 0.5) is 0 Å². The van der Waals surface area contributed by atoms with Crippen molar-refractivity contribution in [1.29, 1.82) is 0 Å². The number of H-pyrrole nitrogens is 1. The summed E-state index contributed by atoms with van der Waals surface area (Å²) in [5.74, 6) is -0.827. The summed E-state index contributed by atoms with van der Waals surface area (Å²) in [5.41, 5.74) is 0. The van der Waals surface area contributed by atoms with Gasteiger partial charge in [0.2, 0.25) is 5.91 Å². The third-order valence-electron chi connectivity index (χ3n) is 1.71. The zero-order chi connectivity index (χ0) is 11.4. The highest BCUT2D eigenvalue weighted by atomic mass is 16.2. The molecule has 1 aromatic heterocycles. The number of aromatic nitrogens is 4. The van der Waals surface area contributed by atoms with E-state index in [1.54, 1.807) is 21.0 Å². The first-order valence-electron chi connectivity index (χ1n) is 4.28. The second-order valence-electron chi connectivity index (χ2n) is 3.16. The van der Waals surface area contributed by atoms with Crippen molar-refractivity contribution in [3.63, 3.8) is 0 Å². The molecule has 0 radical (unpaired) electrons. The number of carbonyl (C=O) groups is 2. The Morgan fingerprint density at radius 3 is 2.60 bits per heavy atom. The molecular formula is C7H12N6O2. The summed E-state index contributed by atoms with van der Waals surface area (Å²) in [6.07, 6.45) is 0. The summed E-state index contributed by atoms with van der Waals surface area (Å²) in [6, 6.07) is -0.619. The number of tetrazole rings is 1. The molecule has 82 valence electrons. The molecule has 0 bridgehead atoms. The molecule has 0 spiro atoms. The Morgan fingerprint density at radius 2 is 2.13 bits per heavy atom. The minimum Gasteiger partial charge on any atom is -0.347 e. The summed E-state index contributed by atoms with van der Waals surface area (Å²) in [7, 11) is 3.22. The third kappa shape index (κ3) is 2.73. The van der Waals surface area contributed by atoms with Gasteiger partial charge in [-0.3, -0.25) is 9.59 Å². The normalized spacial score (nSPS) is 11.9. The fraction of sp³-hybridized carbons (Fsp3) is 0.571. The Labute approximate surface area is 86.0 Å². The van der Waals surface area contributed by atoms with Crippen LogP contribution in [0, 0.1) is 0 Å². The van der Waals surface area contributed by atoms with Crippen LogP contribution < -0.4 is 5.32 Å². The summed E-state index contributed by atoms with van der Waals surface area (Å²) in [4.78, 5) is 24.2.